The van der Waals surface area contributed by atoms with Gasteiger partial charge in [-0.1, -0.05) is 22.6 Å². The first kappa shape index (κ1) is 9.27. The van der Waals surface area contributed by atoms with Crippen LogP contribution in [0, 0.1) is 11.3 Å². The number of rotatable bonds is 2. The number of hydrogen-bond acceptors (Lipinski definition) is 2. The standard InChI is InChI=1S/C8H13IN2/c9-8-2-6-11(7-3-8)5-1-4-10/h8H,1-3,5-7H2. The minimum Gasteiger partial charge on any atom is -0.302 e. The third-order valence-electron chi connectivity index (χ3n) is 2.06. The SMILES string of the molecule is N#CCCN1CCC(I)CC1. The molecule has 0 aromatic carbocycles. The van der Waals surface area contributed by atoms with Crippen molar-refractivity contribution < 1.29 is 0 Å². The van der Waals surface area contributed by atoms with E-state index in [2.05, 4.69) is 33.6 Å². The smallest absolute Gasteiger partial charge is 0.0635 e. The summed E-state index contributed by atoms with van der Waals surface area (Å²) in [6.07, 6.45) is 3.28. The van der Waals surface area contributed by atoms with E-state index >= 15 is 0 Å². The van der Waals surface area contributed by atoms with Crippen LogP contribution in [0.5, 0.6) is 0 Å². The topological polar surface area (TPSA) is 27.0 Å². The van der Waals surface area contributed by atoms with E-state index < -0.39 is 0 Å². The Hall–Kier alpha value is 0.180. The molecule has 2 nitrogen and oxygen atoms in total. The third-order valence-corrected chi connectivity index (χ3v) is 3.30. The maximum absolute atomic E-state index is 8.37. The molecule has 0 N–H and O–H groups in total. The lowest BCUT2D eigenvalue weighted by Crippen LogP contribution is -2.34. The Balaban J connectivity index is 2.13. The molecule has 0 saturated carbocycles. The molecule has 0 unspecified atom stereocenters. The lowest BCUT2D eigenvalue weighted by molar-refractivity contribution is 0.241. The molecule has 1 aliphatic rings. The lowest BCUT2D eigenvalue weighted by atomic mass is 10.1. The summed E-state index contributed by atoms with van der Waals surface area (Å²) >= 11 is 2.51. The van der Waals surface area contributed by atoms with Crippen molar-refractivity contribution in [1.29, 1.82) is 5.26 Å². The molecule has 1 aliphatic heterocycles. The Labute approximate surface area is 81.7 Å². The number of halogens is 1. The van der Waals surface area contributed by atoms with Gasteiger partial charge in [0.1, 0.15) is 0 Å². The molecular formula is C8H13IN2. The van der Waals surface area contributed by atoms with Crippen LogP contribution in [0.1, 0.15) is 19.3 Å². The Kier molecular flexibility index (Phi) is 4.16. The van der Waals surface area contributed by atoms with Gasteiger partial charge >= 0.3 is 0 Å². The van der Waals surface area contributed by atoms with Crippen LogP contribution in [-0.2, 0) is 0 Å². The zero-order valence-corrected chi connectivity index (χ0v) is 8.75. The zero-order chi connectivity index (χ0) is 8.10. The van der Waals surface area contributed by atoms with E-state index in [1.54, 1.807) is 0 Å². The summed E-state index contributed by atoms with van der Waals surface area (Å²) < 4.78 is 0.867. The van der Waals surface area contributed by atoms with E-state index in [0.717, 1.165) is 10.5 Å². The summed E-state index contributed by atoms with van der Waals surface area (Å²) in [6.45, 7) is 3.35. The highest BCUT2D eigenvalue weighted by molar-refractivity contribution is 14.1. The van der Waals surface area contributed by atoms with Gasteiger partial charge in [-0.3, -0.25) is 0 Å². The Bertz CT molecular complexity index is 145. The molecule has 62 valence electrons. The average molecular weight is 264 g/mol. The molecule has 3 heteroatoms. The van der Waals surface area contributed by atoms with Crippen molar-refractivity contribution in [3.05, 3.63) is 0 Å². The van der Waals surface area contributed by atoms with Gasteiger partial charge in [0, 0.05) is 16.9 Å². The summed E-state index contributed by atoms with van der Waals surface area (Å²) in [4.78, 5) is 2.39. The van der Waals surface area contributed by atoms with E-state index in [9.17, 15) is 0 Å². The number of nitrogens with zero attached hydrogens (tertiary/aromatic N) is 2. The van der Waals surface area contributed by atoms with E-state index in [-0.39, 0.29) is 0 Å². The van der Waals surface area contributed by atoms with Gasteiger partial charge in [0.05, 0.1) is 6.07 Å². The fourth-order valence-electron chi connectivity index (χ4n) is 1.33. The predicted molar refractivity (Wildman–Crippen MR) is 53.7 cm³/mol. The first-order valence-electron chi connectivity index (χ1n) is 4.06. The van der Waals surface area contributed by atoms with E-state index in [1.807, 2.05) is 0 Å². The number of alkyl halides is 1. The van der Waals surface area contributed by atoms with Gasteiger partial charge < -0.3 is 4.90 Å². The summed E-state index contributed by atoms with van der Waals surface area (Å²) in [5.74, 6) is 0. The molecule has 0 aliphatic carbocycles. The molecule has 1 rings (SSSR count). The van der Waals surface area contributed by atoms with Gasteiger partial charge in [0.2, 0.25) is 0 Å². The first-order chi connectivity index (χ1) is 5.33. The Morgan fingerprint density at radius 2 is 2.09 bits per heavy atom. The monoisotopic (exact) mass is 264 g/mol. The van der Waals surface area contributed by atoms with Crippen molar-refractivity contribution in [3.63, 3.8) is 0 Å². The van der Waals surface area contributed by atoms with Crippen molar-refractivity contribution in [1.82, 2.24) is 4.90 Å². The highest BCUT2D eigenvalue weighted by Crippen LogP contribution is 2.17. The van der Waals surface area contributed by atoms with Crippen LogP contribution in [0.4, 0.5) is 0 Å². The summed E-state index contributed by atoms with van der Waals surface area (Å²) in [6, 6.07) is 2.18. The Morgan fingerprint density at radius 3 is 2.64 bits per heavy atom. The van der Waals surface area contributed by atoms with Crippen LogP contribution in [0.25, 0.3) is 0 Å². The lowest BCUT2D eigenvalue weighted by Gasteiger charge is -2.28. The minimum atomic E-state index is 0.686. The van der Waals surface area contributed by atoms with Crippen LogP contribution >= 0.6 is 22.6 Å². The highest BCUT2D eigenvalue weighted by atomic mass is 127. The maximum Gasteiger partial charge on any atom is 0.0635 e. The van der Waals surface area contributed by atoms with Crippen LogP contribution in [0.2, 0.25) is 0 Å². The van der Waals surface area contributed by atoms with Crippen molar-refractivity contribution in [2.24, 2.45) is 0 Å². The van der Waals surface area contributed by atoms with Crippen LogP contribution < -0.4 is 0 Å². The molecule has 0 bridgehead atoms. The number of nitriles is 1. The maximum atomic E-state index is 8.37. The van der Waals surface area contributed by atoms with Crippen LogP contribution in [-0.4, -0.2) is 28.5 Å². The minimum absolute atomic E-state index is 0.686. The van der Waals surface area contributed by atoms with Gasteiger partial charge in [0.15, 0.2) is 0 Å². The molecule has 0 amide bonds. The van der Waals surface area contributed by atoms with Gasteiger partial charge in [-0.25, -0.2) is 0 Å². The molecule has 1 saturated heterocycles. The van der Waals surface area contributed by atoms with Gasteiger partial charge in [0.25, 0.3) is 0 Å². The summed E-state index contributed by atoms with van der Waals surface area (Å²) in [7, 11) is 0. The number of hydrogen-bond donors (Lipinski definition) is 0. The highest BCUT2D eigenvalue weighted by Gasteiger charge is 2.15. The molecule has 11 heavy (non-hydrogen) atoms. The molecular weight excluding hydrogens is 251 g/mol. The van der Waals surface area contributed by atoms with E-state index in [0.29, 0.717) is 6.42 Å². The van der Waals surface area contributed by atoms with Crippen molar-refractivity contribution >= 4 is 22.6 Å². The molecule has 0 spiro atoms. The second-order valence-electron chi connectivity index (χ2n) is 2.92. The summed E-state index contributed by atoms with van der Waals surface area (Å²) in [5, 5.41) is 8.37. The first-order valence-corrected chi connectivity index (χ1v) is 5.31. The number of piperidine rings is 1. The average Bonchev–Trinajstić information content (AvgIpc) is 2.04. The normalized spacial score (nSPS) is 21.5. The van der Waals surface area contributed by atoms with E-state index in [1.165, 1.54) is 25.9 Å². The fraction of sp³-hybridized carbons (Fsp3) is 0.875. The van der Waals surface area contributed by atoms with E-state index in [4.69, 9.17) is 5.26 Å². The second kappa shape index (κ2) is 4.94. The molecule has 1 fully saturated rings. The third kappa shape index (κ3) is 3.39. The zero-order valence-electron chi connectivity index (χ0n) is 6.59. The van der Waals surface area contributed by atoms with Crippen molar-refractivity contribution in [2.75, 3.05) is 19.6 Å². The predicted octanol–water partition coefficient (Wildman–Crippen LogP) is 1.80. The van der Waals surface area contributed by atoms with Crippen LogP contribution in [0.3, 0.4) is 0 Å². The van der Waals surface area contributed by atoms with Gasteiger partial charge in [-0.15, -0.1) is 0 Å². The molecule has 0 atom stereocenters. The second-order valence-corrected chi connectivity index (χ2v) is 4.69. The molecule has 0 radical (unpaired) electrons. The molecule has 1 heterocycles. The Morgan fingerprint density at radius 1 is 1.45 bits per heavy atom. The van der Waals surface area contributed by atoms with Crippen molar-refractivity contribution in [3.8, 4) is 6.07 Å². The fourth-order valence-corrected chi connectivity index (χ4v) is 1.89. The quantitative estimate of drug-likeness (QED) is 0.561. The molecule has 0 aromatic heterocycles. The van der Waals surface area contributed by atoms with Crippen molar-refractivity contribution in [2.45, 2.75) is 23.2 Å². The number of likely N-dealkylation sites (tertiary alicyclic amines) is 1. The summed E-state index contributed by atoms with van der Waals surface area (Å²) in [5.41, 5.74) is 0. The van der Waals surface area contributed by atoms with Crippen LogP contribution in [0.15, 0.2) is 0 Å². The van der Waals surface area contributed by atoms with Gasteiger partial charge in [-0.2, -0.15) is 5.26 Å². The largest absolute Gasteiger partial charge is 0.302 e. The molecule has 0 aromatic rings. The van der Waals surface area contributed by atoms with Gasteiger partial charge in [-0.05, 0) is 25.9 Å².